The van der Waals surface area contributed by atoms with Crippen LogP contribution in [0.1, 0.15) is 37.3 Å². The number of hydrogen-bond acceptors (Lipinski definition) is 2. The summed E-state index contributed by atoms with van der Waals surface area (Å²) in [5, 5.41) is 0. The van der Waals surface area contributed by atoms with Gasteiger partial charge in [-0.1, -0.05) is 24.3 Å². The molecule has 1 aromatic carbocycles. The van der Waals surface area contributed by atoms with Crippen LogP contribution < -0.4 is 5.73 Å². The minimum Gasteiger partial charge on any atom is -0.375 e. The Morgan fingerprint density at radius 1 is 1.33 bits per heavy atom. The Hall–Kier alpha value is -0.860. The van der Waals surface area contributed by atoms with Gasteiger partial charge in [-0.25, -0.2) is 0 Å². The zero-order valence-corrected chi connectivity index (χ0v) is 11.6. The van der Waals surface area contributed by atoms with Gasteiger partial charge in [0.2, 0.25) is 0 Å². The zero-order valence-electron chi connectivity index (χ0n) is 11.6. The van der Waals surface area contributed by atoms with E-state index in [0.717, 1.165) is 19.4 Å². The van der Waals surface area contributed by atoms with Gasteiger partial charge in [-0.15, -0.1) is 0 Å². The first kappa shape index (κ1) is 13.6. The summed E-state index contributed by atoms with van der Waals surface area (Å²) in [4.78, 5) is 0. The molecule has 2 nitrogen and oxygen atoms in total. The molecular weight excluding hydrogens is 222 g/mol. The number of aryl methyl sites for hydroxylation is 1. The van der Waals surface area contributed by atoms with E-state index >= 15 is 0 Å². The molecule has 3 unspecified atom stereocenters. The molecule has 0 amide bonds. The van der Waals surface area contributed by atoms with Crippen LogP contribution in [-0.2, 0) is 11.2 Å². The SMILES string of the molecule is Cc1ccccc1CC(CN)CC1CCC(C)O1. The molecule has 1 heterocycles. The molecule has 1 aliphatic rings. The minimum absolute atomic E-state index is 0.428. The second kappa shape index (κ2) is 6.35. The average Bonchev–Trinajstić information content (AvgIpc) is 2.76. The van der Waals surface area contributed by atoms with Crippen molar-refractivity contribution in [3.8, 4) is 0 Å². The van der Waals surface area contributed by atoms with Crippen LogP contribution >= 0.6 is 0 Å². The maximum Gasteiger partial charge on any atom is 0.0583 e. The normalized spacial score (nSPS) is 25.3. The van der Waals surface area contributed by atoms with Crippen LogP contribution in [0.15, 0.2) is 24.3 Å². The molecule has 1 aromatic rings. The highest BCUT2D eigenvalue weighted by atomic mass is 16.5. The number of hydrogen-bond donors (Lipinski definition) is 1. The quantitative estimate of drug-likeness (QED) is 0.868. The number of benzene rings is 1. The summed E-state index contributed by atoms with van der Waals surface area (Å²) >= 11 is 0. The molecule has 1 aliphatic heterocycles. The average molecular weight is 247 g/mol. The van der Waals surface area contributed by atoms with Gasteiger partial charge >= 0.3 is 0 Å². The predicted octanol–water partition coefficient (Wildman–Crippen LogP) is 3.07. The smallest absolute Gasteiger partial charge is 0.0583 e. The highest BCUT2D eigenvalue weighted by molar-refractivity contribution is 5.26. The minimum atomic E-state index is 0.428. The van der Waals surface area contributed by atoms with Crippen LogP contribution in [0.25, 0.3) is 0 Å². The van der Waals surface area contributed by atoms with E-state index < -0.39 is 0 Å². The van der Waals surface area contributed by atoms with Crippen LogP contribution in [0.5, 0.6) is 0 Å². The number of rotatable bonds is 5. The van der Waals surface area contributed by atoms with Crippen molar-refractivity contribution in [2.24, 2.45) is 11.7 Å². The molecule has 1 saturated heterocycles. The Labute approximate surface area is 111 Å². The molecule has 0 radical (unpaired) electrons. The molecule has 0 bridgehead atoms. The Bertz CT molecular complexity index is 377. The van der Waals surface area contributed by atoms with Crippen molar-refractivity contribution in [2.45, 2.75) is 51.7 Å². The lowest BCUT2D eigenvalue weighted by molar-refractivity contribution is 0.0415. The van der Waals surface area contributed by atoms with Crippen LogP contribution in [-0.4, -0.2) is 18.8 Å². The van der Waals surface area contributed by atoms with Gasteiger partial charge in [-0.3, -0.25) is 0 Å². The van der Waals surface area contributed by atoms with E-state index in [1.54, 1.807) is 0 Å². The van der Waals surface area contributed by atoms with Gasteiger partial charge in [0.15, 0.2) is 0 Å². The Morgan fingerprint density at radius 3 is 2.72 bits per heavy atom. The third-order valence-electron chi connectivity index (χ3n) is 4.02. The van der Waals surface area contributed by atoms with Gasteiger partial charge in [-0.05, 0) is 63.1 Å². The van der Waals surface area contributed by atoms with Gasteiger partial charge in [0.1, 0.15) is 0 Å². The molecule has 18 heavy (non-hydrogen) atoms. The Morgan fingerprint density at radius 2 is 2.11 bits per heavy atom. The summed E-state index contributed by atoms with van der Waals surface area (Å²) < 4.78 is 5.91. The van der Waals surface area contributed by atoms with E-state index in [4.69, 9.17) is 10.5 Å². The second-order valence-electron chi connectivity index (χ2n) is 5.61. The highest BCUT2D eigenvalue weighted by Gasteiger charge is 2.24. The fourth-order valence-electron chi connectivity index (χ4n) is 2.84. The third-order valence-corrected chi connectivity index (χ3v) is 4.02. The molecule has 2 N–H and O–H groups in total. The lowest BCUT2D eigenvalue weighted by Crippen LogP contribution is -2.23. The van der Waals surface area contributed by atoms with Gasteiger partial charge < -0.3 is 10.5 Å². The van der Waals surface area contributed by atoms with Gasteiger partial charge in [0, 0.05) is 0 Å². The van der Waals surface area contributed by atoms with Crippen molar-refractivity contribution in [2.75, 3.05) is 6.54 Å². The van der Waals surface area contributed by atoms with Crippen LogP contribution in [0.4, 0.5) is 0 Å². The number of nitrogens with two attached hydrogens (primary N) is 1. The van der Waals surface area contributed by atoms with E-state index in [-0.39, 0.29) is 0 Å². The van der Waals surface area contributed by atoms with Crippen LogP contribution in [0.3, 0.4) is 0 Å². The van der Waals surface area contributed by atoms with Crippen molar-refractivity contribution < 1.29 is 4.74 Å². The predicted molar refractivity (Wildman–Crippen MR) is 75.6 cm³/mol. The molecule has 0 saturated carbocycles. The Kier molecular flexibility index (Phi) is 4.79. The summed E-state index contributed by atoms with van der Waals surface area (Å²) in [6.07, 6.45) is 5.45. The molecule has 0 spiro atoms. The first-order chi connectivity index (χ1) is 8.69. The van der Waals surface area contributed by atoms with E-state index in [0.29, 0.717) is 18.1 Å². The first-order valence-corrected chi connectivity index (χ1v) is 7.09. The maximum atomic E-state index is 5.93. The van der Waals surface area contributed by atoms with Crippen LogP contribution in [0, 0.1) is 12.8 Å². The maximum absolute atomic E-state index is 5.93. The van der Waals surface area contributed by atoms with Crippen molar-refractivity contribution in [1.82, 2.24) is 0 Å². The van der Waals surface area contributed by atoms with E-state index in [1.807, 2.05) is 0 Å². The van der Waals surface area contributed by atoms with Crippen molar-refractivity contribution in [1.29, 1.82) is 0 Å². The van der Waals surface area contributed by atoms with Crippen molar-refractivity contribution in [3.05, 3.63) is 35.4 Å². The third kappa shape index (κ3) is 3.56. The molecule has 0 aliphatic carbocycles. The zero-order chi connectivity index (χ0) is 13.0. The van der Waals surface area contributed by atoms with Crippen LogP contribution in [0.2, 0.25) is 0 Å². The summed E-state index contributed by atoms with van der Waals surface area (Å²) in [5.41, 5.74) is 8.73. The standard InChI is InChI=1S/C16H25NO/c1-12-5-3-4-6-15(12)9-14(11-17)10-16-8-7-13(2)18-16/h3-6,13-14,16H,7-11,17H2,1-2H3. The molecular formula is C16H25NO. The molecule has 3 atom stereocenters. The monoisotopic (exact) mass is 247 g/mol. The van der Waals surface area contributed by atoms with E-state index in [1.165, 1.54) is 24.0 Å². The fraction of sp³-hybridized carbons (Fsp3) is 0.625. The molecule has 2 heteroatoms. The summed E-state index contributed by atoms with van der Waals surface area (Å²) in [7, 11) is 0. The summed E-state index contributed by atoms with van der Waals surface area (Å²) in [5.74, 6) is 0.543. The lowest BCUT2D eigenvalue weighted by atomic mass is 9.91. The molecule has 0 aromatic heterocycles. The second-order valence-corrected chi connectivity index (χ2v) is 5.61. The molecule has 1 fully saturated rings. The van der Waals surface area contributed by atoms with E-state index in [9.17, 15) is 0 Å². The summed E-state index contributed by atoms with van der Waals surface area (Å²) in [6, 6.07) is 8.61. The molecule has 2 rings (SSSR count). The van der Waals surface area contributed by atoms with Gasteiger partial charge in [-0.2, -0.15) is 0 Å². The van der Waals surface area contributed by atoms with Gasteiger partial charge in [0.05, 0.1) is 12.2 Å². The van der Waals surface area contributed by atoms with Crippen molar-refractivity contribution >= 4 is 0 Å². The van der Waals surface area contributed by atoms with E-state index in [2.05, 4.69) is 38.1 Å². The highest BCUT2D eigenvalue weighted by Crippen LogP contribution is 2.26. The first-order valence-electron chi connectivity index (χ1n) is 7.09. The van der Waals surface area contributed by atoms with Gasteiger partial charge in [0.25, 0.3) is 0 Å². The molecule has 100 valence electrons. The fourth-order valence-corrected chi connectivity index (χ4v) is 2.84. The topological polar surface area (TPSA) is 35.2 Å². The lowest BCUT2D eigenvalue weighted by Gasteiger charge is -2.20. The Balaban J connectivity index is 1.91. The summed E-state index contributed by atoms with van der Waals surface area (Å²) in [6.45, 7) is 5.10. The van der Waals surface area contributed by atoms with Crippen molar-refractivity contribution in [3.63, 3.8) is 0 Å². The largest absolute Gasteiger partial charge is 0.375 e. The number of ether oxygens (including phenoxy) is 1.